The third-order valence-corrected chi connectivity index (χ3v) is 3.78. The van der Waals surface area contributed by atoms with Crippen LogP contribution in [0.4, 0.5) is 11.4 Å². The number of nitrogens with one attached hydrogen (secondary N) is 2. The topological polar surface area (TPSA) is 87.3 Å². The molecule has 0 radical (unpaired) electrons. The molecule has 0 spiro atoms. The minimum Gasteiger partial charge on any atom is -0.378 e. The van der Waals surface area contributed by atoms with E-state index < -0.39 is 5.91 Å². The van der Waals surface area contributed by atoms with Crippen LogP contribution in [0.1, 0.15) is 10.5 Å². The maximum Gasteiger partial charge on any atom is 0.276 e. The molecule has 2 aromatic rings. The van der Waals surface area contributed by atoms with E-state index in [1.807, 2.05) is 0 Å². The summed E-state index contributed by atoms with van der Waals surface area (Å²) in [5.41, 5.74) is 1.11. The Morgan fingerprint density at radius 3 is 2.74 bits per heavy atom. The largest absolute Gasteiger partial charge is 0.378 e. The summed E-state index contributed by atoms with van der Waals surface area (Å²) in [4.78, 5) is 25.4. The number of carbonyl (C=O) groups excluding carboxylic acids is 1. The maximum atomic E-state index is 12.3. The SMILES string of the molecule is O=C(Nc1cccc(Cl)c1N1CCOCC1)c1ccc(=O)[nH]n1. The van der Waals surface area contributed by atoms with Gasteiger partial charge in [0, 0.05) is 19.2 Å². The number of hydrogen-bond donors (Lipinski definition) is 2. The van der Waals surface area contributed by atoms with Gasteiger partial charge in [-0.25, -0.2) is 5.10 Å². The lowest BCUT2D eigenvalue weighted by atomic mass is 10.2. The average Bonchev–Trinajstić information content (AvgIpc) is 2.56. The molecule has 1 saturated heterocycles. The molecule has 7 nitrogen and oxygen atoms in total. The van der Waals surface area contributed by atoms with E-state index in [1.165, 1.54) is 12.1 Å². The molecule has 23 heavy (non-hydrogen) atoms. The molecular weight excluding hydrogens is 320 g/mol. The highest BCUT2D eigenvalue weighted by Crippen LogP contribution is 2.34. The summed E-state index contributed by atoms with van der Waals surface area (Å²) in [7, 11) is 0. The summed E-state index contributed by atoms with van der Waals surface area (Å²) in [6.07, 6.45) is 0. The van der Waals surface area contributed by atoms with Crippen LogP contribution in [0.5, 0.6) is 0 Å². The summed E-state index contributed by atoms with van der Waals surface area (Å²) >= 11 is 6.32. The third-order valence-electron chi connectivity index (χ3n) is 3.47. The van der Waals surface area contributed by atoms with E-state index in [9.17, 15) is 9.59 Å². The van der Waals surface area contributed by atoms with Crippen LogP contribution in [0.15, 0.2) is 35.1 Å². The van der Waals surface area contributed by atoms with E-state index in [0.29, 0.717) is 37.0 Å². The molecule has 0 aliphatic carbocycles. The van der Waals surface area contributed by atoms with Crippen LogP contribution in [0.3, 0.4) is 0 Å². The van der Waals surface area contributed by atoms with Crippen molar-refractivity contribution in [1.82, 2.24) is 10.2 Å². The molecule has 2 heterocycles. The van der Waals surface area contributed by atoms with Crippen LogP contribution in [-0.2, 0) is 4.74 Å². The van der Waals surface area contributed by atoms with E-state index in [0.717, 1.165) is 5.69 Å². The van der Waals surface area contributed by atoms with Gasteiger partial charge in [0.25, 0.3) is 11.5 Å². The zero-order chi connectivity index (χ0) is 16.2. The van der Waals surface area contributed by atoms with E-state index in [2.05, 4.69) is 20.4 Å². The Kier molecular flexibility index (Phi) is 4.59. The molecule has 1 aliphatic rings. The van der Waals surface area contributed by atoms with Crippen molar-refractivity contribution in [3.8, 4) is 0 Å². The third kappa shape index (κ3) is 3.52. The van der Waals surface area contributed by atoms with Crippen molar-refractivity contribution in [2.75, 3.05) is 36.5 Å². The van der Waals surface area contributed by atoms with E-state index in [1.54, 1.807) is 18.2 Å². The fourth-order valence-electron chi connectivity index (χ4n) is 2.38. The Hall–Kier alpha value is -2.38. The maximum absolute atomic E-state index is 12.3. The summed E-state index contributed by atoms with van der Waals surface area (Å²) in [6, 6.07) is 7.94. The lowest BCUT2D eigenvalue weighted by Gasteiger charge is -2.31. The zero-order valence-corrected chi connectivity index (χ0v) is 13.0. The molecule has 3 rings (SSSR count). The smallest absolute Gasteiger partial charge is 0.276 e. The number of rotatable bonds is 3. The minimum atomic E-state index is -0.418. The number of aromatic amines is 1. The van der Waals surface area contributed by atoms with Crippen molar-refractivity contribution in [2.24, 2.45) is 0 Å². The van der Waals surface area contributed by atoms with Crippen LogP contribution in [0.25, 0.3) is 0 Å². The molecule has 1 amide bonds. The predicted molar refractivity (Wildman–Crippen MR) is 87.3 cm³/mol. The van der Waals surface area contributed by atoms with Gasteiger partial charge in [-0.1, -0.05) is 17.7 Å². The molecule has 1 aromatic carbocycles. The second-order valence-corrected chi connectivity index (χ2v) is 5.40. The van der Waals surface area contributed by atoms with Gasteiger partial charge in [-0.05, 0) is 18.2 Å². The molecule has 0 unspecified atom stereocenters. The lowest BCUT2D eigenvalue weighted by molar-refractivity contribution is 0.102. The van der Waals surface area contributed by atoms with Gasteiger partial charge >= 0.3 is 0 Å². The fraction of sp³-hybridized carbons (Fsp3) is 0.267. The number of anilines is 2. The van der Waals surface area contributed by atoms with Gasteiger partial charge in [-0.3, -0.25) is 9.59 Å². The Labute approximate surface area is 137 Å². The van der Waals surface area contributed by atoms with Crippen LogP contribution >= 0.6 is 11.6 Å². The van der Waals surface area contributed by atoms with Crippen LogP contribution in [-0.4, -0.2) is 42.4 Å². The van der Waals surface area contributed by atoms with Crippen molar-refractivity contribution in [1.29, 1.82) is 0 Å². The Balaban J connectivity index is 1.87. The molecule has 120 valence electrons. The highest BCUT2D eigenvalue weighted by Gasteiger charge is 2.19. The van der Waals surface area contributed by atoms with Gasteiger partial charge in [0.2, 0.25) is 0 Å². The number of H-pyrrole nitrogens is 1. The standard InChI is InChI=1S/C15H15ClN4O3/c16-10-2-1-3-11(14(10)20-6-8-23-9-7-20)17-15(22)12-4-5-13(21)19-18-12/h1-5H,6-9H2,(H,17,22)(H,19,21). The van der Waals surface area contributed by atoms with Gasteiger partial charge in [-0.15, -0.1) is 0 Å². The minimum absolute atomic E-state index is 0.123. The molecule has 0 atom stereocenters. The van der Waals surface area contributed by atoms with E-state index >= 15 is 0 Å². The van der Waals surface area contributed by atoms with E-state index in [4.69, 9.17) is 16.3 Å². The molecule has 2 N–H and O–H groups in total. The fourth-order valence-corrected chi connectivity index (χ4v) is 2.68. The predicted octanol–water partition coefficient (Wildman–Crippen LogP) is 1.51. The number of benzene rings is 1. The van der Waals surface area contributed by atoms with Crippen molar-refractivity contribution >= 4 is 28.9 Å². The number of nitrogens with zero attached hydrogens (tertiary/aromatic N) is 2. The first kappa shape index (κ1) is 15.5. The summed E-state index contributed by atoms with van der Waals surface area (Å²) in [5.74, 6) is -0.418. The number of ether oxygens (including phenoxy) is 1. The molecule has 1 fully saturated rings. The Bertz CT molecular complexity index is 751. The van der Waals surface area contributed by atoms with Crippen molar-refractivity contribution in [3.63, 3.8) is 0 Å². The Morgan fingerprint density at radius 1 is 1.26 bits per heavy atom. The molecular formula is C15H15ClN4O3. The molecule has 1 aromatic heterocycles. The quantitative estimate of drug-likeness (QED) is 0.888. The molecule has 0 saturated carbocycles. The average molecular weight is 335 g/mol. The van der Waals surface area contributed by atoms with Crippen LogP contribution in [0.2, 0.25) is 5.02 Å². The second kappa shape index (κ2) is 6.80. The summed E-state index contributed by atoms with van der Waals surface area (Å²) in [6.45, 7) is 2.62. The number of aromatic nitrogens is 2. The number of carbonyl (C=O) groups is 1. The van der Waals surface area contributed by atoms with Crippen molar-refractivity contribution < 1.29 is 9.53 Å². The summed E-state index contributed by atoms with van der Waals surface area (Å²) in [5, 5.41) is 9.31. The highest BCUT2D eigenvalue weighted by molar-refractivity contribution is 6.34. The van der Waals surface area contributed by atoms with Gasteiger partial charge < -0.3 is 15.0 Å². The number of halogens is 1. The van der Waals surface area contributed by atoms with Gasteiger partial charge in [0.05, 0.1) is 29.6 Å². The summed E-state index contributed by atoms with van der Waals surface area (Å²) < 4.78 is 5.35. The van der Waals surface area contributed by atoms with Crippen LogP contribution < -0.4 is 15.8 Å². The van der Waals surface area contributed by atoms with Gasteiger partial charge in [0.15, 0.2) is 0 Å². The Morgan fingerprint density at radius 2 is 2.04 bits per heavy atom. The zero-order valence-electron chi connectivity index (χ0n) is 12.2. The highest BCUT2D eigenvalue weighted by atomic mass is 35.5. The molecule has 8 heteroatoms. The monoisotopic (exact) mass is 334 g/mol. The first-order chi connectivity index (χ1) is 11.1. The number of amides is 1. The first-order valence-corrected chi connectivity index (χ1v) is 7.51. The van der Waals surface area contributed by atoms with Gasteiger partial charge in [-0.2, -0.15) is 5.10 Å². The van der Waals surface area contributed by atoms with Gasteiger partial charge in [0.1, 0.15) is 5.69 Å². The number of hydrogen-bond acceptors (Lipinski definition) is 5. The molecule has 1 aliphatic heterocycles. The van der Waals surface area contributed by atoms with Crippen LogP contribution in [0, 0.1) is 0 Å². The lowest BCUT2D eigenvalue weighted by Crippen LogP contribution is -2.37. The van der Waals surface area contributed by atoms with Crippen molar-refractivity contribution in [2.45, 2.75) is 0 Å². The van der Waals surface area contributed by atoms with E-state index in [-0.39, 0.29) is 11.3 Å². The number of para-hydroxylation sites is 1. The molecule has 0 bridgehead atoms. The normalized spacial score (nSPS) is 14.6. The van der Waals surface area contributed by atoms with Crippen molar-refractivity contribution in [3.05, 3.63) is 51.4 Å². The second-order valence-electron chi connectivity index (χ2n) is 5.00. The number of morpholine rings is 1. The first-order valence-electron chi connectivity index (χ1n) is 7.13.